The zero-order chi connectivity index (χ0) is 11.3. The van der Waals surface area contributed by atoms with Crippen LogP contribution in [-0.4, -0.2) is 31.0 Å². The topological polar surface area (TPSA) is 67.4 Å². The normalized spacial score (nSPS) is 25.7. The molecule has 0 aromatic heterocycles. The van der Waals surface area contributed by atoms with Crippen molar-refractivity contribution in [3.8, 4) is 0 Å². The summed E-state index contributed by atoms with van der Waals surface area (Å²) >= 11 is 3.76. The van der Waals surface area contributed by atoms with Crippen molar-refractivity contribution in [1.29, 1.82) is 0 Å². The van der Waals surface area contributed by atoms with Gasteiger partial charge < -0.3 is 14.8 Å². The highest BCUT2D eigenvalue weighted by molar-refractivity contribution is 7.75. The van der Waals surface area contributed by atoms with Gasteiger partial charge >= 0.3 is 11.8 Å². The smallest absolute Gasteiger partial charge is 0.309 e. The Hall–Kier alpha value is -0.750. The summed E-state index contributed by atoms with van der Waals surface area (Å²) in [6.45, 7) is 0. The molecule has 0 aromatic carbocycles. The molecule has 5 nitrogen and oxygen atoms in total. The molecule has 1 rings (SSSR count). The molecule has 0 radical (unpaired) electrons. The third-order valence-electron chi connectivity index (χ3n) is 2.59. The van der Waals surface area contributed by atoms with Gasteiger partial charge in [0.1, 0.15) is 0 Å². The number of thiol groups is 1. The van der Waals surface area contributed by atoms with Crippen LogP contribution in [-0.2, 0) is 13.8 Å². The van der Waals surface area contributed by atoms with Crippen LogP contribution >= 0.6 is 12.9 Å². The maximum atomic E-state index is 11.2. The molecule has 0 atom stereocenters. The average molecular weight is 232 g/mol. The molecule has 1 saturated carbocycles. The molecule has 1 aliphatic carbocycles. The first-order valence-electron chi connectivity index (χ1n) is 5.00. The highest BCUT2D eigenvalue weighted by Crippen LogP contribution is 2.21. The van der Waals surface area contributed by atoms with Crippen molar-refractivity contribution in [2.24, 2.45) is 0 Å². The first-order chi connectivity index (χ1) is 7.17. The largest absolute Gasteiger partial charge is 0.351 e. The molecular weight excluding hydrogens is 216 g/mol. The maximum absolute atomic E-state index is 11.2. The van der Waals surface area contributed by atoms with Crippen molar-refractivity contribution < 1.29 is 13.8 Å². The summed E-state index contributed by atoms with van der Waals surface area (Å²) in [6, 6.07) is 0.0783. The van der Waals surface area contributed by atoms with Gasteiger partial charge in [0.2, 0.25) is 0 Å². The van der Waals surface area contributed by atoms with E-state index >= 15 is 0 Å². The van der Waals surface area contributed by atoms with E-state index in [0.717, 1.165) is 25.7 Å². The molecule has 2 N–H and O–H groups in total. The average Bonchev–Trinajstić information content (AvgIpc) is 2.29. The van der Waals surface area contributed by atoms with Crippen LogP contribution in [0.2, 0.25) is 0 Å². The molecule has 0 aliphatic heterocycles. The van der Waals surface area contributed by atoms with Crippen LogP contribution in [0, 0.1) is 0 Å². The lowest BCUT2D eigenvalue weighted by Crippen LogP contribution is -2.45. The molecule has 1 aliphatic rings. The molecule has 0 heterocycles. The second-order valence-corrected chi connectivity index (χ2v) is 3.84. The van der Waals surface area contributed by atoms with Crippen molar-refractivity contribution in [2.75, 3.05) is 7.05 Å². The molecule has 0 unspecified atom stereocenters. The summed E-state index contributed by atoms with van der Waals surface area (Å²) in [5.41, 5.74) is 0. The van der Waals surface area contributed by atoms with Gasteiger partial charge in [-0.2, -0.15) is 0 Å². The Morgan fingerprint density at radius 1 is 1.20 bits per heavy atom. The minimum Gasteiger partial charge on any atom is -0.351 e. The van der Waals surface area contributed by atoms with E-state index in [0.29, 0.717) is 0 Å². The fraction of sp³-hybridized carbons (Fsp3) is 0.778. The number of carbonyl (C=O) groups is 2. The molecule has 0 spiro atoms. The van der Waals surface area contributed by atoms with E-state index < -0.39 is 11.8 Å². The lowest BCUT2D eigenvalue weighted by Gasteiger charge is -2.27. The highest BCUT2D eigenvalue weighted by Gasteiger charge is 2.24. The lowest BCUT2D eigenvalue weighted by molar-refractivity contribution is -0.139. The van der Waals surface area contributed by atoms with Crippen molar-refractivity contribution in [2.45, 2.75) is 37.8 Å². The molecule has 1 fully saturated rings. The van der Waals surface area contributed by atoms with Crippen LogP contribution < -0.4 is 10.6 Å². The van der Waals surface area contributed by atoms with Crippen LogP contribution in [0.1, 0.15) is 25.7 Å². The van der Waals surface area contributed by atoms with Gasteiger partial charge in [-0.3, -0.25) is 9.59 Å². The summed E-state index contributed by atoms with van der Waals surface area (Å²) < 4.78 is 4.92. The Morgan fingerprint density at radius 3 is 2.27 bits per heavy atom. The number of amides is 2. The SMILES string of the molecule is CNC(=O)C(=O)N[C@H]1CC[C@H](OS)CC1. The molecule has 2 amide bonds. The van der Waals surface area contributed by atoms with E-state index in [1.165, 1.54) is 7.05 Å². The predicted molar refractivity (Wildman–Crippen MR) is 58.3 cm³/mol. The second kappa shape index (κ2) is 5.97. The third kappa shape index (κ3) is 3.71. The van der Waals surface area contributed by atoms with E-state index in [9.17, 15) is 9.59 Å². The second-order valence-electron chi connectivity index (χ2n) is 3.63. The van der Waals surface area contributed by atoms with E-state index in [4.69, 9.17) is 4.18 Å². The molecule has 0 saturated heterocycles. The summed E-state index contributed by atoms with van der Waals surface area (Å²) in [5, 5.41) is 4.97. The monoisotopic (exact) mass is 232 g/mol. The first-order valence-corrected chi connectivity index (χ1v) is 5.36. The van der Waals surface area contributed by atoms with Crippen molar-refractivity contribution >= 4 is 24.7 Å². The number of rotatable bonds is 2. The number of hydrogen-bond acceptors (Lipinski definition) is 4. The van der Waals surface area contributed by atoms with Crippen molar-refractivity contribution in [3.05, 3.63) is 0 Å². The fourth-order valence-corrected chi connectivity index (χ4v) is 1.89. The minimum absolute atomic E-state index is 0.0783. The standard InChI is InChI=1S/C9H16N2O3S/c1-10-8(12)9(13)11-6-2-4-7(14-15)5-3-6/h6-7,15H,2-5H2,1H3,(H,10,12)(H,11,13)/t6-,7-. The molecule has 86 valence electrons. The summed E-state index contributed by atoms with van der Waals surface area (Å²) in [7, 11) is 1.44. The van der Waals surface area contributed by atoms with Gasteiger partial charge in [0.25, 0.3) is 0 Å². The quantitative estimate of drug-likeness (QED) is 0.357. The van der Waals surface area contributed by atoms with Gasteiger partial charge in [-0.15, -0.1) is 0 Å². The van der Waals surface area contributed by atoms with Crippen molar-refractivity contribution in [3.63, 3.8) is 0 Å². The summed E-state index contributed by atoms with van der Waals surface area (Å²) in [6.07, 6.45) is 3.55. The lowest BCUT2D eigenvalue weighted by atomic mass is 9.93. The number of nitrogens with one attached hydrogen (secondary N) is 2. The number of carbonyl (C=O) groups excluding carboxylic acids is 2. The van der Waals surface area contributed by atoms with Crippen LogP contribution in [0.3, 0.4) is 0 Å². The molecule has 6 heteroatoms. The molecular formula is C9H16N2O3S. The van der Waals surface area contributed by atoms with E-state index in [1.807, 2.05) is 0 Å². The van der Waals surface area contributed by atoms with Crippen LogP contribution in [0.15, 0.2) is 0 Å². The van der Waals surface area contributed by atoms with E-state index in [2.05, 4.69) is 23.5 Å². The Labute approximate surface area is 94.6 Å². The number of hydrogen-bond donors (Lipinski definition) is 3. The summed E-state index contributed by atoms with van der Waals surface area (Å²) in [4.78, 5) is 22.2. The van der Waals surface area contributed by atoms with Gasteiger partial charge in [-0.05, 0) is 38.6 Å². The van der Waals surface area contributed by atoms with Crippen LogP contribution in [0.5, 0.6) is 0 Å². The van der Waals surface area contributed by atoms with Crippen LogP contribution in [0.25, 0.3) is 0 Å². The van der Waals surface area contributed by atoms with Gasteiger partial charge in [-0.25, -0.2) is 0 Å². The molecule has 0 aromatic rings. The van der Waals surface area contributed by atoms with Gasteiger partial charge in [-0.1, -0.05) is 0 Å². The molecule has 15 heavy (non-hydrogen) atoms. The van der Waals surface area contributed by atoms with E-state index in [-0.39, 0.29) is 12.1 Å². The highest BCUT2D eigenvalue weighted by atomic mass is 32.1. The Bertz CT molecular complexity index is 240. The fourth-order valence-electron chi connectivity index (χ4n) is 1.68. The minimum atomic E-state index is -0.595. The molecule has 0 bridgehead atoms. The van der Waals surface area contributed by atoms with Gasteiger partial charge in [0.05, 0.1) is 6.10 Å². The van der Waals surface area contributed by atoms with E-state index in [1.54, 1.807) is 0 Å². The Morgan fingerprint density at radius 2 is 1.80 bits per heavy atom. The zero-order valence-electron chi connectivity index (χ0n) is 8.66. The Kier molecular flexibility index (Phi) is 4.90. The van der Waals surface area contributed by atoms with Gasteiger partial charge in [0.15, 0.2) is 0 Å². The zero-order valence-corrected chi connectivity index (χ0v) is 9.55. The maximum Gasteiger partial charge on any atom is 0.309 e. The van der Waals surface area contributed by atoms with Gasteiger partial charge in [0, 0.05) is 13.1 Å². The summed E-state index contributed by atoms with van der Waals surface area (Å²) in [5.74, 6) is -1.16. The third-order valence-corrected chi connectivity index (χ3v) is 2.89. The van der Waals surface area contributed by atoms with Crippen molar-refractivity contribution in [1.82, 2.24) is 10.6 Å². The Balaban J connectivity index is 2.29. The number of likely N-dealkylation sites (N-methyl/N-ethyl adjacent to an activating group) is 1. The predicted octanol–water partition coefficient (Wildman–Crippen LogP) is 0.0212. The van der Waals surface area contributed by atoms with Crippen LogP contribution in [0.4, 0.5) is 0 Å². The first kappa shape index (κ1) is 12.3.